The molecule has 0 N–H and O–H groups in total. The van der Waals surface area contributed by atoms with E-state index in [9.17, 15) is 4.79 Å². The third-order valence-corrected chi connectivity index (χ3v) is 5.18. The van der Waals surface area contributed by atoms with Crippen LogP contribution in [-0.2, 0) is 9.53 Å². The van der Waals surface area contributed by atoms with Crippen molar-refractivity contribution >= 4 is 33.9 Å². The van der Waals surface area contributed by atoms with Crippen molar-refractivity contribution in [3.8, 4) is 0 Å². The van der Waals surface area contributed by atoms with Crippen molar-refractivity contribution < 1.29 is 9.53 Å². The standard InChI is InChI=1S/C19H22BrNO2/c1-2-4-13-7-9-15(10-8-13)18-21-17(19(22)23-18)12-14-5-3-6-16(20)11-14/h3,5-6,11-13,15H,2,4,7-10H2,1H3/b17-12-. The molecule has 1 aromatic rings. The van der Waals surface area contributed by atoms with Crippen molar-refractivity contribution in [2.24, 2.45) is 16.8 Å². The van der Waals surface area contributed by atoms with Crippen molar-refractivity contribution in [2.45, 2.75) is 45.4 Å². The molecule has 1 heterocycles. The molecular weight excluding hydrogens is 354 g/mol. The van der Waals surface area contributed by atoms with E-state index in [2.05, 4.69) is 27.8 Å². The quantitative estimate of drug-likeness (QED) is 0.525. The smallest absolute Gasteiger partial charge is 0.363 e. The van der Waals surface area contributed by atoms with Gasteiger partial charge in [0.15, 0.2) is 5.70 Å². The van der Waals surface area contributed by atoms with Gasteiger partial charge in [-0.1, -0.05) is 47.8 Å². The average Bonchev–Trinajstić information content (AvgIpc) is 2.89. The van der Waals surface area contributed by atoms with Crippen molar-refractivity contribution in [3.63, 3.8) is 0 Å². The lowest BCUT2D eigenvalue weighted by molar-refractivity contribution is -0.130. The molecule has 1 fully saturated rings. The lowest BCUT2D eigenvalue weighted by Crippen LogP contribution is -2.22. The lowest BCUT2D eigenvalue weighted by atomic mass is 9.80. The molecule has 1 aromatic carbocycles. The van der Waals surface area contributed by atoms with E-state index in [0.29, 0.717) is 17.5 Å². The van der Waals surface area contributed by atoms with Gasteiger partial charge in [-0.3, -0.25) is 0 Å². The predicted molar refractivity (Wildman–Crippen MR) is 96.0 cm³/mol. The number of cyclic esters (lactones) is 1. The van der Waals surface area contributed by atoms with Gasteiger partial charge in [-0.25, -0.2) is 9.79 Å². The molecule has 23 heavy (non-hydrogen) atoms. The van der Waals surface area contributed by atoms with Crippen LogP contribution >= 0.6 is 15.9 Å². The third-order valence-electron chi connectivity index (χ3n) is 4.68. The number of nitrogens with zero attached hydrogens (tertiary/aromatic N) is 1. The van der Waals surface area contributed by atoms with Gasteiger partial charge in [0.1, 0.15) is 0 Å². The molecule has 0 atom stereocenters. The zero-order valence-electron chi connectivity index (χ0n) is 13.4. The highest BCUT2D eigenvalue weighted by molar-refractivity contribution is 9.10. The zero-order chi connectivity index (χ0) is 16.2. The van der Waals surface area contributed by atoms with Crippen LogP contribution in [0.2, 0.25) is 0 Å². The fraction of sp³-hybridized carbons (Fsp3) is 0.474. The SMILES string of the molecule is CCCC1CCC(C2=N/C(=C\c3cccc(Br)c3)C(=O)O2)CC1. The van der Waals surface area contributed by atoms with Crippen LogP contribution in [-0.4, -0.2) is 11.9 Å². The van der Waals surface area contributed by atoms with Crippen LogP contribution < -0.4 is 0 Å². The minimum atomic E-state index is -0.323. The van der Waals surface area contributed by atoms with E-state index in [1.54, 1.807) is 6.08 Å². The molecule has 0 radical (unpaired) electrons. The summed E-state index contributed by atoms with van der Waals surface area (Å²) in [6, 6.07) is 7.81. The number of halogens is 1. The van der Waals surface area contributed by atoms with Crippen LogP contribution in [0.3, 0.4) is 0 Å². The molecule has 0 unspecified atom stereocenters. The van der Waals surface area contributed by atoms with Crippen LogP contribution in [0.1, 0.15) is 51.0 Å². The van der Waals surface area contributed by atoms with Gasteiger partial charge in [-0.15, -0.1) is 0 Å². The Kier molecular flexibility index (Phi) is 5.31. The summed E-state index contributed by atoms with van der Waals surface area (Å²) in [6.45, 7) is 2.24. The third kappa shape index (κ3) is 4.11. The molecule has 3 nitrogen and oxygen atoms in total. The number of aliphatic imine (C=N–C) groups is 1. The summed E-state index contributed by atoms with van der Waals surface area (Å²) in [5.41, 5.74) is 1.36. The zero-order valence-corrected chi connectivity index (χ0v) is 15.0. The molecule has 1 saturated carbocycles. The number of esters is 1. The maximum atomic E-state index is 12.1. The average molecular weight is 376 g/mol. The summed E-state index contributed by atoms with van der Waals surface area (Å²) in [7, 11) is 0. The molecule has 1 aliphatic carbocycles. The highest BCUT2D eigenvalue weighted by atomic mass is 79.9. The number of ether oxygens (including phenoxy) is 1. The van der Waals surface area contributed by atoms with Gasteiger partial charge in [-0.05, 0) is 55.4 Å². The second-order valence-corrected chi connectivity index (χ2v) is 7.35. The molecule has 2 aliphatic rings. The first-order chi connectivity index (χ1) is 11.2. The van der Waals surface area contributed by atoms with Crippen LogP contribution in [0.5, 0.6) is 0 Å². The van der Waals surface area contributed by atoms with Gasteiger partial charge in [-0.2, -0.15) is 0 Å². The Bertz CT molecular complexity index is 643. The molecule has 122 valence electrons. The Morgan fingerprint density at radius 2 is 2.09 bits per heavy atom. The lowest BCUT2D eigenvalue weighted by Gasteiger charge is -2.27. The Hall–Kier alpha value is -1.42. The predicted octanol–water partition coefficient (Wildman–Crippen LogP) is 5.35. The summed E-state index contributed by atoms with van der Waals surface area (Å²) in [4.78, 5) is 16.5. The van der Waals surface area contributed by atoms with Crippen molar-refractivity contribution in [3.05, 3.63) is 40.0 Å². The summed E-state index contributed by atoms with van der Waals surface area (Å²) >= 11 is 3.44. The summed E-state index contributed by atoms with van der Waals surface area (Å²) < 4.78 is 6.43. The number of hydrogen-bond donors (Lipinski definition) is 0. The molecular formula is C19H22BrNO2. The van der Waals surface area contributed by atoms with E-state index >= 15 is 0 Å². The Morgan fingerprint density at radius 1 is 1.30 bits per heavy atom. The van der Waals surface area contributed by atoms with Gasteiger partial charge in [0.2, 0.25) is 5.90 Å². The summed E-state index contributed by atoms with van der Waals surface area (Å²) in [5, 5.41) is 0. The fourth-order valence-corrected chi connectivity index (χ4v) is 3.88. The van der Waals surface area contributed by atoms with Crippen LogP contribution in [0, 0.1) is 11.8 Å². The molecule has 0 saturated heterocycles. The van der Waals surface area contributed by atoms with E-state index in [1.165, 1.54) is 25.7 Å². The van der Waals surface area contributed by atoms with Gasteiger partial charge in [0.25, 0.3) is 0 Å². The van der Waals surface area contributed by atoms with E-state index in [-0.39, 0.29) is 5.97 Å². The Balaban J connectivity index is 1.70. The van der Waals surface area contributed by atoms with Crippen LogP contribution in [0.15, 0.2) is 39.4 Å². The minimum Gasteiger partial charge on any atom is -0.406 e. The van der Waals surface area contributed by atoms with Gasteiger partial charge in [0.05, 0.1) is 0 Å². The van der Waals surface area contributed by atoms with Gasteiger partial charge in [0, 0.05) is 10.4 Å². The molecule has 0 aromatic heterocycles. The molecule has 3 rings (SSSR count). The van der Waals surface area contributed by atoms with Crippen molar-refractivity contribution in [1.29, 1.82) is 0 Å². The van der Waals surface area contributed by atoms with E-state index < -0.39 is 0 Å². The van der Waals surface area contributed by atoms with Gasteiger partial charge < -0.3 is 4.74 Å². The molecule has 0 bridgehead atoms. The number of rotatable bonds is 4. The van der Waals surface area contributed by atoms with E-state index in [1.807, 2.05) is 24.3 Å². The van der Waals surface area contributed by atoms with Gasteiger partial charge >= 0.3 is 5.97 Å². The number of hydrogen-bond acceptors (Lipinski definition) is 3. The maximum absolute atomic E-state index is 12.1. The maximum Gasteiger partial charge on any atom is 0.363 e. The first kappa shape index (κ1) is 16.4. The van der Waals surface area contributed by atoms with Crippen molar-refractivity contribution in [1.82, 2.24) is 0 Å². The molecule has 1 aliphatic heterocycles. The second-order valence-electron chi connectivity index (χ2n) is 6.43. The Morgan fingerprint density at radius 3 is 2.78 bits per heavy atom. The van der Waals surface area contributed by atoms with Crippen LogP contribution in [0.25, 0.3) is 6.08 Å². The minimum absolute atomic E-state index is 0.306. The monoisotopic (exact) mass is 375 g/mol. The normalized spacial score (nSPS) is 26.3. The number of benzene rings is 1. The van der Waals surface area contributed by atoms with E-state index in [4.69, 9.17) is 4.74 Å². The van der Waals surface area contributed by atoms with Crippen molar-refractivity contribution in [2.75, 3.05) is 0 Å². The first-order valence-electron chi connectivity index (χ1n) is 8.43. The van der Waals surface area contributed by atoms with Crippen LogP contribution in [0.4, 0.5) is 0 Å². The second kappa shape index (κ2) is 7.43. The Labute approximate surface area is 146 Å². The topological polar surface area (TPSA) is 38.7 Å². The molecule has 0 amide bonds. The summed E-state index contributed by atoms with van der Waals surface area (Å²) in [5.74, 6) is 1.45. The molecule has 4 heteroatoms. The summed E-state index contributed by atoms with van der Waals surface area (Å²) in [6.07, 6.45) is 8.97. The number of carbonyl (C=O) groups is 1. The first-order valence-corrected chi connectivity index (χ1v) is 9.23. The highest BCUT2D eigenvalue weighted by Crippen LogP contribution is 2.34. The number of carbonyl (C=O) groups excluding carboxylic acids is 1. The van der Waals surface area contributed by atoms with E-state index in [0.717, 1.165) is 28.8 Å². The molecule has 0 spiro atoms. The highest BCUT2D eigenvalue weighted by Gasteiger charge is 2.32. The largest absolute Gasteiger partial charge is 0.406 e. The fourth-order valence-electron chi connectivity index (χ4n) is 3.46.